The second-order valence-corrected chi connectivity index (χ2v) is 6.49. The summed E-state index contributed by atoms with van der Waals surface area (Å²) in [5, 5.41) is 6.03. The molecule has 7 heteroatoms. The Balaban J connectivity index is 2.48. The fourth-order valence-electron chi connectivity index (χ4n) is 2.15. The molecule has 0 aliphatic rings. The summed E-state index contributed by atoms with van der Waals surface area (Å²) < 4.78 is 10.5. The summed E-state index contributed by atoms with van der Waals surface area (Å²) in [7, 11) is 0. The third-order valence-electron chi connectivity index (χ3n) is 3.28. The van der Waals surface area contributed by atoms with Gasteiger partial charge in [0.25, 0.3) is 11.3 Å². The van der Waals surface area contributed by atoms with Crippen molar-refractivity contribution in [1.82, 2.24) is 10.2 Å². The molecule has 0 fully saturated rings. The maximum atomic E-state index is 12.5. The first-order chi connectivity index (χ1) is 11.3. The van der Waals surface area contributed by atoms with Crippen LogP contribution in [0.5, 0.6) is 11.6 Å². The van der Waals surface area contributed by atoms with Gasteiger partial charge in [-0.3, -0.25) is 9.89 Å². The third-order valence-corrected chi connectivity index (χ3v) is 3.55. The zero-order valence-corrected chi connectivity index (χ0v) is 14.7. The van der Waals surface area contributed by atoms with Gasteiger partial charge in [-0.25, -0.2) is 4.79 Å². The highest BCUT2D eigenvalue weighted by molar-refractivity contribution is 6.32. The second kappa shape index (κ2) is 7.05. The average Bonchev–Trinajstić information content (AvgIpc) is 2.50. The van der Waals surface area contributed by atoms with Gasteiger partial charge in [0.1, 0.15) is 16.5 Å². The molecule has 0 unspecified atom stereocenters. The Labute approximate surface area is 144 Å². The van der Waals surface area contributed by atoms with Crippen LogP contribution in [0.2, 0.25) is 5.15 Å². The molecule has 1 aromatic carbocycles. The lowest BCUT2D eigenvalue weighted by Gasteiger charge is -2.22. The first-order valence-electron chi connectivity index (χ1n) is 7.48. The fourth-order valence-corrected chi connectivity index (χ4v) is 2.35. The number of nitrogens with one attached hydrogen (secondary N) is 1. The van der Waals surface area contributed by atoms with Gasteiger partial charge in [0.2, 0.25) is 0 Å². The summed E-state index contributed by atoms with van der Waals surface area (Å²) in [5.74, 6) is -0.598. The average molecular weight is 351 g/mol. The van der Waals surface area contributed by atoms with E-state index < -0.39 is 11.4 Å². The Kier molecular flexibility index (Phi) is 5.29. The molecule has 2 aromatic rings. The van der Waals surface area contributed by atoms with Gasteiger partial charge in [-0.1, -0.05) is 50.6 Å². The van der Waals surface area contributed by atoms with Crippen LogP contribution in [0.1, 0.15) is 43.6 Å². The Hall–Kier alpha value is -2.34. The molecule has 2 rings (SSSR count). The van der Waals surface area contributed by atoms with Crippen molar-refractivity contribution < 1.29 is 14.3 Å². The Morgan fingerprint density at radius 2 is 1.96 bits per heavy atom. The van der Waals surface area contributed by atoms with Crippen LogP contribution in [0.3, 0.4) is 0 Å². The van der Waals surface area contributed by atoms with Gasteiger partial charge >= 0.3 is 5.97 Å². The van der Waals surface area contributed by atoms with Crippen LogP contribution in [0.15, 0.2) is 29.1 Å². The number of hydrogen-bond donors (Lipinski definition) is 1. The van der Waals surface area contributed by atoms with Crippen molar-refractivity contribution in [2.75, 3.05) is 6.61 Å². The molecule has 0 saturated heterocycles. The van der Waals surface area contributed by atoms with Gasteiger partial charge in [-0.05, 0) is 18.4 Å². The molecule has 1 heterocycles. The van der Waals surface area contributed by atoms with E-state index in [-0.39, 0.29) is 28.6 Å². The first-order valence-corrected chi connectivity index (χ1v) is 7.86. The number of carbonyl (C=O) groups is 1. The number of H-pyrrole nitrogens is 1. The van der Waals surface area contributed by atoms with E-state index >= 15 is 0 Å². The number of halogens is 1. The number of esters is 1. The quantitative estimate of drug-likeness (QED) is 0.850. The van der Waals surface area contributed by atoms with E-state index in [2.05, 4.69) is 10.2 Å². The Morgan fingerprint density at radius 3 is 2.58 bits per heavy atom. The largest absolute Gasteiger partial charge is 0.462 e. The van der Waals surface area contributed by atoms with E-state index in [0.29, 0.717) is 5.75 Å². The van der Waals surface area contributed by atoms with Gasteiger partial charge in [0.15, 0.2) is 0 Å². The van der Waals surface area contributed by atoms with Crippen molar-refractivity contribution >= 4 is 17.6 Å². The number of hydrogen-bond acceptors (Lipinski definition) is 5. The van der Waals surface area contributed by atoms with Gasteiger partial charge in [0.05, 0.1) is 6.61 Å². The van der Waals surface area contributed by atoms with E-state index in [1.54, 1.807) is 19.1 Å². The SMILES string of the molecule is CCOC(=O)c1c(Cl)[nH]nc(Oc2ccccc2C(C)(C)C)c1=O. The van der Waals surface area contributed by atoms with Crippen molar-refractivity contribution in [2.45, 2.75) is 33.1 Å². The fraction of sp³-hybridized carbons (Fsp3) is 0.353. The van der Waals surface area contributed by atoms with E-state index in [0.717, 1.165) is 5.56 Å². The van der Waals surface area contributed by atoms with Crippen molar-refractivity contribution in [3.05, 3.63) is 50.8 Å². The highest BCUT2D eigenvalue weighted by Gasteiger charge is 2.24. The summed E-state index contributed by atoms with van der Waals surface area (Å²) in [6.45, 7) is 7.84. The lowest BCUT2D eigenvalue weighted by atomic mass is 9.86. The number of benzene rings is 1. The molecule has 0 aliphatic heterocycles. The molecule has 0 amide bonds. The lowest BCUT2D eigenvalue weighted by Crippen LogP contribution is -2.22. The highest BCUT2D eigenvalue weighted by atomic mass is 35.5. The topological polar surface area (TPSA) is 81.3 Å². The Morgan fingerprint density at radius 1 is 1.29 bits per heavy atom. The first kappa shape index (κ1) is 18.0. The molecule has 0 bridgehead atoms. The third kappa shape index (κ3) is 3.76. The molecule has 128 valence electrons. The molecule has 24 heavy (non-hydrogen) atoms. The number of aromatic amines is 1. The van der Waals surface area contributed by atoms with Crippen LogP contribution in [-0.4, -0.2) is 22.8 Å². The Bertz CT molecular complexity index is 809. The summed E-state index contributed by atoms with van der Waals surface area (Å²) in [6, 6.07) is 7.32. The number of nitrogens with zero attached hydrogens (tertiary/aromatic N) is 1. The normalized spacial score (nSPS) is 11.2. The second-order valence-electron chi connectivity index (χ2n) is 6.12. The van der Waals surface area contributed by atoms with Crippen LogP contribution in [0.4, 0.5) is 0 Å². The maximum absolute atomic E-state index is 12.5. The maximum Gasteiger partial charge on any atom is 0.345 e. The molecular formula is C17H19ClN2O4. The monoisotopic (exact) mass is 350 g/mol. The van der Waals surface area contributed by atoms with Crippen molar-refractivity contribution in [3.63, 3.8) is 0 Å². The zero-order chi connectivity index (χ0) is 17.9. The molecule has 0 atom stereocenters. The molecule has 1 aromatic heterocycles. The molecule has 0 radical (unpaired) electrons. The van der Waals surface area contributed by atoms with Gasteiger partial charge in [-0.2, -0.15) is 0 Å². The minimum absolute atomic E-state index is 0.125. The van der Waals surface area contributed by atoms with E-state index in [1.807, 2.05) is 32.9 Å². The summed E-state index contributed by atoms with van der Waals surface area (Å²) in [5.41, 5.74) is -0.337. The minimum Gasteiger partial charge on any atom is -0.462 e. The van der Waals surface area contributed by atoms with Crippen molar-refractivity contribution in [1.29, 1.82) is 0 Å². The number of carbonyl (C=O) groups excluding carboxylic acids is 1. The van der Waals surface area contributed by atoms with Gasteiger partial charge in [0, 0.05) is 5.56 Å². The predicted molar refractivity (Wildman–Crippen MR) is 91.0 cm³/mol. The van der Waals surface area contributed by atoms with E-state index in [4.69, 9.17) is 21.1 Å². The molecule has 0 saturated carbocycles. The number of para-hydroxylation sites is 1. The van der Waals surface area contributed by atoms with Crippen molar-refractivity contribution in [3.8, 4) is 11.6 Å². The van der Waals surface area contributed by atoms with Gasteiger partial charge < -0.3 is 9.47 Å². The van der Waals surface area contributed by atoms with E-state index in [9.17, 15) is 9.59 Å². The summed E-state index contributed by atoms with van der Waals surface area (Å²) >= 11 is 5.86. The van der Waals surface area contributed by atoms with Crippen LogP contribution in [0, 0.1) is 0 Å². The zero-order valence-electron chi connectivity index (χ0n) is 14.0. The number of rotatable bonds is 4. The smallest absolute Gasteiger partial charge is 0.345 e. The lowest BCUT2D eigenvalue weighted by molar-refractivity contribution is 0.0523. The molecule has 6 nitrogen and oxygen atoms in total. The van der Waals surface area contributed by atoms with Gasteiger partial charge in [-0.15, -0.1) is 5.10 Å². The molecular weight excluding hydrogens is 332 g/mol. The molecule has 1 N–H and O–H groups in total. The minimum atomic E-state index is -0.819. The highest BCUT2D eigenvalue weighted by Crippen LogP contribution is 2.32. The van der Waals surface area contributed by atoms with Crippen LogP contribution in [0.25, 0.3) is 0 Å². The summed E-state index contributed by atoms with van der Waals surface area (Å²) in [4.78, 5) is 24.4. The molecule has 0 spiro atoms. The van der Waals surface area contributed by atoms with Crippen LogP contribution >= 0.6 is 11.6 Å². The number of aromatic nitrogens is 2. The predicted octanol–water partition coefficient (Wildman–Crippen LogP) is 3.69. The van der Waals surface area contributed by atoms with Crippen LogP contribution < -0.4 is 10.2 Å². The van der Waals surface area contributed by atoms with Crippen LogP contribution in [-0.2, 0) is 10.2 Å². The number of ether oxygens (including phenoxy) is 2. The molecule has 0 aliphatic carbocycles. The van der Waals surface area contributed by atoms with E-state index in [1.165, 1.54) is 0 Å². The van der Waals surface area contributed by atoms with Crippen molar-refractivity contribution in [2.24, 2.45) is 0 Å². The standard InChI is InChI=1S/C17H19ClN2O4/c1-5-23-16(22)12-13(21)15(20-19-14(12)18)24-11-9-7-6-8-10(11)17(2,3)4/h6-9H,5H2,1-4H3,(H,19,21). The summed E-state index contributed by atoms with van der Waals surface area (Å²) in [6.07, 6.45) is 0.